The summed E-state index contributed by atoms with van der Waals surface area (Å²) in [6, 6.07) is 88.2. The number of thiophene rings is 1. The van der Waals surface area contributed by atoms with Gasteiger partial charge in [-0.3, -0.25) is 4.40 Å². The molecular formula is C98H91N3S. The summed E-state index contributed by atoms with van der Waals surface area (Å²) in [7, 11) is 0. The summed E-state index contributed by atoms with van der Waals surface area (Å²) >= 11 is 1.93. The van der Waals surface area contributed by atoms with Gasteiger partial charge in [0.1, 0.15) is 4.83 Å². The van der Waals surface area contributed by atoms with Crippen LogP contribution in [0.1, 0.15) is 158 Å². The van der Waals surface area contributed by atoms with Crippen molar-refractivity contribution in [1.82, 2.24) is 13.4 Å². The Morgan fingerprint density at radius 2 is 0.657 bits per heavy atom. The Hall–Kier alpha value is -10.0. The van der Waals surface area contributed by atoms with Gasteiger partial charge in [0.2, 0.25) is 0 Å². The van der Waals surface area contributed by atoms with Crippen LogP contribution in [-0.4, -0.2) is 13.4 Å². The van der Waals surface area contributed by atoms with Gasteiger partial charge in [-0.15, -0.1) is 11.3 Å². The van der Waals surface area contributed by atoms with Crippen molar-refractivity contribution in [3.8, 4) is 61.3 Å². The Morgan fingerprint density at radius 1 is 0.235 bits per heavy atom. The third kappa shape index (κ3) is 9.93. The van der Waals surface area contributed by atoms with Gasteiger partial charge in [-0.05, 0) is 195 Å². The van der Waals surface area contributed by atoms with E-state index in [1.165, 1.54) is 196 Å². The zero-order valence-corrected chi connectivity index (χ0v) is 63.4. The summed E-state index contributed by atoms with van der Waals surface area (Å²) in [5, 5.41) is 14.1. The van der Waals surface area contributed by atoms with Gasteiger partial charge in [0.05, 0.1) is 38.6 Å². The predicted molar refractivity (Wildman–Crippen MR) is 445 cm³/mol. The molecule has 3 nitrogen and oxygen atoms in total. The highest BCUT2D eigenvalue weighted by Crippen LogP contribution is 2.54. The first-order valence-electron chi connectivity index (χ1n) is 36.9. The Morgan fingerprint density at radius 3 is 1.22 bits per heavy atom. The van der Waals surface area contributed by atoms with Gasteiger partial charge in [0.15, 0.2) is 0 Å². The second kappa shape index (κ2) is 21.8. The monoisotopic (exact) mass is 1340 g/mol. The van der Waals surface area contributed by atoms with Crippen molar-refractivity contribution in [3.05, 3.63) is 258 Å². The Bertz CT molecular complexity index is 6430. The number of para-hydroxylation sites is 1. The van der Waals surface area contributed by atoms with Crippen molar-refractivity contribution >= 4 is 119 Å². The lowest BCUT2D eigenvalue weighted by molar-refractivity contribution is 0.568. The average molecular weight is 1340 g/mol. The van der Waals surface area contributed by atoms with Crippen molar-refractivity contribution in [2.45, 2.75) is 157 Å². The smallest absolute Gasteiger partial charge is 0.109 e. The molecule has 0 N–H and O–H groups in total. The SMILES string of the molecule is CC(C)(C)c1cc(-c2cc(-c3ccc4c(c3)c3ccccc3n4-c3cccc(-c4ccccc4)c3)c3c(c2)c2cc(-c4cc(C(C)(C)C)cc(C(C)(C)C)c4)cc4c5ccc6c(c7cc(-c8cc(C(C)(C)C)cc(C(C)(C)C)c8)cc8c9c%10ccccc%10sc9n6c87)c5n3c24)cc(C(C)(C)C)c1. The van der Waals surface area contributed by atoms with Crippen LogP contribution in [-0.2, 0) is 32.5 Å². The van der Waals surface area contributed by atoms with E-state index in [9.17, 15) is 0 Å². The molecule has 0 aliphatic carbocycles. The first kappa shape index (κ1) is 64.1. The minimum atomic E-state index is -0.0889. The van der Waals surface area contributed by atoms with Crippen LogP contribution in [0.5, 0.6) is 0 Å². The molecule has 12 aromatic carbocycles. The molecule has 4 heteroatoms. The van der Waals surface area contributed by atoms with E-state index in [2.05, 4.69) is 362 Å². The highest BCUT2D eigenvalue weighted by molar-refractivity contribution is 7.25. The molecule has 0 fully saturated rings. The lowest BCUT2D eigenvalue weighted by atomic mass is 9.78. The maximum absolute atomic E-state index is 2.77. The molecule has 0 amide bonds. The van der Waals surface area contributed by atoms with Crippen LogP contribution in [0.4, 0.5) is 0 Å². The van der Waals surface area contributed by atoms with Crippen LogP contribution < -0.4 is 0 Å². The second-order valence-electron chi connectivity index (χ2n) is 36.0. The van der Waals surface area contributed by atoms with Crippen molar-refractivity contribution in [1.29, 1.82) is 0 Å². The fourth-order valence-electron chi connectivity index (χ4n) is 16.8. The molecular weight excluding hydrogens is 1250 g/mol. The standard InChI is InChI=1S/C98H91N3S/c1-93(2,3)65-39-59(40-66(53-65)94(4,5)6)62-47-75(58-35-37-83-76(46-58)72-31-22-24-33-82(72)99(83)71-30-26-29-57(45-71)56-27-20-19-21-28-56)88-78(49-62)79-50-63(60-41-67(95(7,8)9)54-68(42-60)96(10,11)12)48-77-73-36-38-84-87(91(73)101(88)89(77)79)81-52-64(61-43-69(97(13,14)15)55-70(44-61)98(16,17)18)51-80-86-74-32-23-25-34-85(74)102-92(86)100(84)90(80)81/h19-55H,1-18H3. The first-order valence-corrected chi connectivity index (χ1v) is 37.7. The maximum Gasteiger partial charge on any atom is 0.109 e. The highest BCUT2D eigenvalue weighted by Gasteiger charge is 2.32. The van der Waals surface area contributed by atoms with E-state index in [-0.39, 0.29) is 32.5 Å². The van der Waals surface area contributed by atoms with Crippen LogP contribution in [0.3, 0.4) is 0 Å². The topological polar surface area (TPSA) is 13.8 Å². The van der Waals surface area contributed by atoms with Gasteiger partial charge < -0.3 is 8.97 Å². The van der Waals surface area contributed by atoms with Crippen molar-refractivity contribution in [2.75, 3.05) is 0 Å². The van der Waals surface area contributed by atoms with Gasteiger partial charge in [0, 0.05) is 75.2 Å². The van der Waals surface area contributed by atoms with Crippen LogP contribution in [0.2, 0.25) is 0 Å². The zero-order valence-electron chi connectivity index (χ0n) is 62.6. The Kier molecular flexibility index (Phi) is 13.7. The quantitative estimate of drug-likeness (QED) is 0.158. The summed E-state index contributed by atoms with van der Waals surface area (Å²) in [6.07, 6.45) is 0. The van der Waals surface area contributed by atoms with Crippen LogP contribution in [0.25, 0.3) is 169 Å². The Balaban J connectivity index is 1.03. The third-order valence-electron chi connectivity index (χ3n) is 22.7. The molecule has 0 unspecified atom stereocenters. The van der Waals surface area contributed by atoms with E-state index in [1.54, 1.807) is 0 Å². The molecule has 0 aliphatic heterocycles. The maximum atomic E-state index is 2.77. The average Bonchev–Trinajstić information content (AvgIpc) is 1.50. The molecule has 0 spiro atoms. The zero-order chi connectivity index (χ0) is 71.0. The van der Waals surface area contributed by atoms with E-state index >= 15 is 0 Å². The van der Waals surface area contributed by atoms with E-state index in [1.807, 2.05) is 11.3 Å². The predicted octanol–water partition coefficient (Wildman–Crippen LogP) is 28.4. The lowest BCUT2D eigenvalue weighted by Gasteiger charge is -2.26. The molecule has 504 valence electrons. The summed E-state index contributed by atoms with van der Waals surface area (Å²) in [6.45, 7) is 42.6. The molecule has 18 rings (SSSR count). The third-order valence-corrected chi connectivity index (χ3v) is 23.9. The molecule has 6 aromatic heterocycles. The van der Waals surface area contributed by atoms with Gasteiger partial charge in [-0.2, -0.15) is 0 Å². The van der Waals surface area contributed by atoms with Crippen molar-refractivity contribution in [3.63, 3.8) is 0 Å². The number of fused-ring (bicyclic) bond motifs is 18. The molecule has 0 saturated carbocycles. The molecule has 18 aromatic rings. The first-order chi connectivity index (χ1) is 48.3. The van der Waals surface area contributed by atoms with Gasteiger partial charge in [0.25, 0.3) is 0 Å². The number of hydrogen-bond acceptors (Lipinski definition) is 1. The van der Waals surface area contributed by atoms with Crippen LogP contribution in [0.15, 0.2) is 224 Å². The molecule has 102 heavy (non-hydrogen) atoms. The fourth-order valence-corrected chi connectivity index (χ4v) is 18.0. The van der Waals surface area contributed by atoms with E-state index < -0.39 is 0 Å². The summed E-state index contributed by atoms with van der Waals surface area (Å²) in [5.74, 6) is 0. The largest absolute Gasteiger partial charge is 0.309 e. The molecule has 0 atom stereocenters. The molecule has 6 heterocycles. The van der Waals surface area contributed by atoms with Gasteiger partial charge >= 0.3 is 0 Å². The number of hydrogen-bond donors (Lipinski definition) is 0. The van der Waals surface area contributed by atoms with Gasteiger partial charge in [-0.25, -0.2) is 0 Å². The Labute approximate surface area is 604 Å². The molecule has 0 saturated heterocycles. The van der Waals surface area contributed by atoms with Crippen molar-refractivity contribution in [2.24, 2.45) is 0 Å². The van der Waals surface area contributed by atoms with Crippen LogP contribution >= 0.6 is 11.3 Å². The van der Waals surface area contributed by atoms with E-state index in [4.69, 9.17) is 0 Å². The number of benzene rings is 12. The van der Waals surface area contributed by atoms with Crippen molar-refractivity contribution < 1.29 is 0 Å². The van der Waals surface area contributed by atoms with E-state index in [0.29, 0.717) is 0 Å². The fraction of sp³-hybridized carbons (Fsp3) is 0.245. The minimum absolute atomic E-state index is 0.0593. The number of nitrogens with zero attached hydrogens (tertiary/aromatic N) is 3. The second-order valence-corrected chi connectivity index (χ2v) is 37.0. The van der Waals surface area contributed by atoms with Crippen LogP contribution in [0, 0.1) is 0 Å². The van der Waals surface area contributed by atoms with Gasteiger partial charge in [-0.1, -0.05) is 270 Å². The summed E-state index contributed by atoms with van der Waals surface area (Å²) in [4.78, 5) is 1.30. The minimum Gasteiger partial charge on any atom is -0.309 e. The van der Waals surface area contributed by atoms with E-state index in [0.717, 1.165) is 5.69 Å². The summed E-state index contributed by atoms with van der Waals surface area (Å²) in [5.41, 5.74) is 29.7. The summed E-state index contributed by atoms with van der Waals surface area (Å²) < 4.78 is 9.22. The molecule has 0 bridgehead atoms. The number of aromatic nitrogens is 3. The number of rotatable bonds is 6. The highest BCUT2D eigenvalue weighted by atomic mass is 32.1. The lowest BCUT2D eigenvalue weighted by Crippen LogP contribution is -2.16. The normalized spacial score (nSPS) is 13.4. The molecule has 0 radical (unpaired) electrons. The molecule has 0 aliphatic rings.